The molecule has 170 valence electrons. The number of hydrogen-bond donors (Lipinski definition) is 1. The van der Waals surface area contributed by atoms with Gasteiger partial charge in [0.1, 0.15) is 22.7 Å². The molecule has 33 heavy (non-hydrogen) atoms. The zero-order valence-electron chi connectivity index (χ0n) is 17.8. The lowest BCUT2D eigenvalue weighted by Gasteiger charge is -2.17. The normalized spacial score (nSPS) is 10.9. The molecule has 10 heteroatoms. The Morgan fingerprint density at radius 1 is 1.12 bits per heavy atom. The van der Waals surface area contributed by atoms with Crippen LogP contribution in [0.4, 0.5) is 21.5 Å². The van der Waals surface area contributed by atoms with Crippen LogP contribution in [0, 0.1) is 15.9 Å². The van der Waals surface area contributed by atoms with Crippen molar-refractivity contribution in [3.05, 3.63) is 76.1 Å². The second-order valence-electron chi connectivity index (χ2n) is 6.81. The van der Waals surface area contributed by atoms with Gasteiger partial charge in [-0.05, 0) is 48.4 Å². The fourth-order valence-corrected chi connectivity index (χ4v) is 3.03. The van der Waals surface area contributed by atoms with Crippen LogP contribution in [0.15, 0.2) is 64.8 Å². The molecule has 9 nitrogen and oxygen atoms in total. The Morgan fingerprint density at radius 2 is 1.85 bits per heavy atom. The van der Waals surface area contributed by atoms with Gasteiger partial charge in [0.2, 0.25) is 0 Å². The number of nitro groups is 1. The van der Waals surface area contributed by atoms with Crippen LogP contribution in [0.25, 0.3) is 11.1 Å². The lowest BCUT2D eigenvalue weighted by Crippen LogP contribution is -2.06. The van der Waals surface area contributed by atoms with Gasteiger partial charge in [0, 0.05) is 12.1 Å². The molecule has 0 heterocycles. The Bertz CT molecular complexity index is 1210. The molecule has 0 spiro atoms. The standard InChI is InChI=1S/C23H20FN3O6/c1-3-12-33-22-17(23(28)29)9-11-20(32-2)21(22)14-4-10-19(18(24)13-14)26-25-15-5-7-16(8-6-15)27(30)31/h4-11,13H,3,12H2,1-2H3,(H,28,29)/b26-25+. The van der Waals surface area contributed by atoms with E-state index in [-0.39, 0.29) is 29.3 Å². The number of azo groups is 1. The molecule has 0 unspecified atom stereocenters. The van der Waals surface area contributed by atoms with E-state index in [0.29, 0.717) is 29.0 Å². The highest BCUT2D eigenvalue weighted by Crippen LogP contribution is 2.42. The molecule has 0 fully saturated rings. The molecule has 0 saturated heterocycles. The van der Waals surface area contributed by atoms with Gasteiger partial charge in [-0.1, -0.05) is 13.0 Å². The molecule has 0 radical (unpaired) electrons. The molecule has 3 aromatic carbocycles. The molecule has 0 saturated carbocycles. The van der Waals surface area contributed by atoms with E-state index >= 15 is 0 Å². The number of benzene rings is 3. The van der Waals surface area contributed by atoms with Crippen LogP contribution in [0.3, 0.4) is 0 Å². The van der Waals surface area contributed by atoms with E-state index in [1.807, 2.05) is 6.92 Å². The smallest absolute Gasteiger partial charge is 0.339 e. The number of halogens is 1. The average Bonchev–Trinajstić information content (AvgIpc) is 2.81. The maximum Gasteiger partial charge on any atom is 0.339 e. The van der Waals surface area contributed by atoms with Crippen LogP contribution in [0.5, 0.6) is 11.5 Å². The molecule has 0 bridgehead atoms. The molecule has 0 aliphatic heterocycles. The van der Waals surface area contributed by atoms with Crippen molar-refractivity contribution in [3.8, 4) is 22.6 Å². The van der Waals surface area contributed by atoms with Gasteiger partial charge in [-0.2, -0.15) is 5.11 Å². The Morgan fingerprint density at radius 3 is 2.42 bits per heavy atom. The van der Waals surface area contributed by atoms with Gasteiger partial charge >= 0.3 is 5.97 Å². The van der Waals surface area contributed by atoms with E-state index in [0.717, 1.165) is 0 Å². The van der Waals surface area contributed by atoms with Crippen LogP contribution < -0.4 is 9.47 Å². The number of nitro benzene ring substituents is 1. The summed E-state index contributed by atoms with van der Waals surface area (Å²) in [6, 6.07) is 12.3. The van der Waals surface area contributed by atoms with Crippen molar-refractivity contribution < 1.29 is 28.7 Å². The maximum absolute atomic E-state index is 14.8. The van der Waals surface area contributed by atoms with Crippen LogP contribution in [0.2, 0.25) is 0 Å². The highest BCUT2D eigenvalue weighted by atomic mass is 19.1. The summed E-state index contributed by atoms with van der Waals surface area (Å²) >= 11 is 0. The largest absolute Gasteiger partial charge is 0.496 e. The molecule has 0 aliphatic carbocycles. The minimum Gasteiger partial charge on any atom is -0.496 e. The maximum atomic E-state index is 14.8. The molecular weight excluding hydrogens is 433 g/mol. The van der Waals surface area contributed by atoms with Gasteiger partial charge in [-0.3, -0.25) is 10.1 Å². The predicted octanol–water partition coefficient (Wildman–Crippen LogP) is 6.31. The van der Waals surface area contributed by atoms with Crippen molar-refractivity contribution in [2.75, 3.05) is 13.7 Å². The first-order valence-electron chi connectivity index (χ1n) is 9.89. The summed E-state index contributed by atoms with van der Waals surface area (Å²) in [5.74, 6) is -1.48. The Balaban J connectivity index is 2.00. The van der Waals surface area contributed by atoms with Crippen molar-refractivity contribution in [1.29, 1.82) is 0 Å². The average molecular weight is 453 g/mol. The summed E-state index contributed by atoms with van der Waals surface area (Å²) in [7, 11) is 1.42. The van der Waals surface area contributed by atoms with Gasteiger partial charge in [-0.25, -0.2) is 9.18 Å². The highest BCUT2D eigenvalue weighted by Gasteiger charge is 2.22. The SMILES string of the molecule is CCCOc1c(C(=O)O)ccc(OC)c1-c1ccc(/N=N/c2ccc([N+](=O)[O-])cc2)c(F)c1. The zero-order valence-corrected chi connectivity index (χ0v) is 17.8. The van der Waals surface area contributed by atoms with Gasteiger partial charge in [0.15, 0.2) is 5.82 Å². The fourth-order valence-electron chi connectivity index (χ4n) is 3.03. The molecular formula is C23H20FN3O6. The monoisotopic (exact) mass is 453 g/mol. The Hall–Kier alpha value is -4.34. The molecule has 3 rings (SSSR count). The van der Waals surface area contributed by atoms with E-state index in [4.69, 9.17) is 9.47 Å². The number of aromatic carboxylic acids is 1. The second kappa shape index (κ2) is 10.3. The third-order valence-electron chi connectivity index (χ3n) is 4.59. The predicted molar refractivity (Wildman–Crippen MR) is 118 cm³/mol. The first kappa shape index (κ1) is 23.3. The number of non-ortho nitro benzene ring substituents is 1. The van der Waals surface area contributed by atoms with Crippen LogP contribution in [-0.2, 0) is 0 Å². The molecule has 0 aromatic heterocycles. The van der Waals surface area contributed by atoms with Crippen molar-refractivity contribution in [2.24, 2.45) is 10.2 Å². The lowest BCUT2D eigenvalue weighted by atomic mass is 9.99. The van der Waals surface area contributed by atoms with Gasteiger partial charge in [0.05, 0.1) is 29.9 Å². The number of carboxylic acids is 1. The molecule has 3 aromatic rings. The number of rotatable bonds is 9. The molecule has 0 amide bonds. The van der Waals surface area contributed by atoms with Crippen molar-refractivity contribution in [1.82, 2.24) is 0 Å². The van der Waals surface area contributed by atoms with E-state index < -0.39 is 16.7 Å². The third-order valence-corrected chi connectivity index (χ3v) is 4.59. The number of ether oxygens (including phenoxy) is 2. The van der Waals surface area contributed by atoms with E-state index in [1.165, 1.54) is 55.6 Å². The van der Waals surface area contributed by atoms with Crippen molar-refractivity contribution in [2.45, 2.75) is 13.3 Å². The first-order chi connectivity index (χ1) is 15.8. The molecule has 0 atom stereocenters. The number of carboxylic acid groups (broad SMARTS) is 1. The minimum atomic E-state index is -1.18. The molecule has 1 N–H and O–H groups in total. The quantitative estimate of drug-likeness (QED) is 0.230. The Kier molecular flexibility index (Phi) is 7.29. The van der Waals surface area contributed by atoms with Gasteiger partial charge < -0.3 is 14.6 Å². The van der Waals surface area contributed by atoms with Crippen LogP contribution >= 0.6 is 0 Å². The lowest BCUT2D eigenvalue weighted by molar-refractivity contribution is -0.384. The summed E-state index contributed by atoms with van der Waals surface area (Å²) in [6.45, 7) is 2.15. The van der Waals surface area contributed by atoms with Crippen LogP contribution in [-0.4, -0.2) is 29.7 Å². The minimum absolute atomic E-state index is 0.0680. The number of nitrogens with zero attached hydrogens (tertiary/aromatic N) is 3. The van der Waals surface area contributed by atoms with Crippen LogP contribution in [0.1, 0.15) is 23.7 Å². The topological polar surface area (TPSA) is 124 Å². The van der Waals surface area contributed by atoms with E-state index in [2.05, 4.69) is 10.2 Å². The van der Waals surface area contributed by atoms with E-state index in [1.54, 1.807) is 6.07 Å². The highest BCUT2D eigenvalue weighted by molar-refractivity contribution is 5.96. The summed E-state index contributed by atoms with van der Waals surface area (Å²) in [4.78, 5) is 21.9. The van der Waals surface area contributed by atoms with E-state index in [9.17, 15) is 24.4 Å². The van der Waals surface area contributed by atoms with Gasteiger partial charge in [0.25, 0.3) is 5.69 Å². The zero-order chi connectivity index (χ0) is 24.0. The Labute approximate surface area is 188 Å². The summed E-state index contributed by atoms with van der Waals surface area (Å²) in [5.41, 5.74) is 0.734. The number of methoxy groups -OCH3 is 1. The first-order valence-corrected chi connectivity index (χ1v) is 9.89. The van der Waals surface area contributed by atoms with Crippen molar-refractivity contribution >= 4 is 23.0 Å². The van der Waals surface area contributed by atoms with Crippen molar-refractivity contribution in [3.63, 3.8) is 0 Å². The summed E-state index contributed by atoms with van der Waals surface area (Å²) in [5, 5.41) is 28.1. The number of carbonyl (C=O) groups is 1. The van der Waals surface area contributed by atoms with Gasteiger partial charge in [-0.15, -0.1) is 5.11 Å². The summed E-state index contributed by atoms with van der Waals surface area (Å²) < 4.78 is 25.9. The molecule has 0 aliphatic rings. The third kappa shape index (κ3) is 5.29. The fraction of sp³-hybridized carbons (Fsp3) is 0.174. The number of hydrogen-bond acceptors (Lipinski definition) is 7. The second-order valence-corrected chi connectivity index (χ2v) is 6.81. The summed E-state index contributed by atoms with van der Waals surface area (Å²) in [6.07, 6.45) is 0.645.